The standard InChI is InChI=1S/C24H26FN5O3/c1-29(2)24(32)16-8-10-20(11-9-16)26-21(31)15-30-12-4-6-18(14-30)23-27-22(28-33-23)17-5-3-7-19(25)13-17/h3,5,7-11,13,18H,4,6,12,14-15H2,1-2H3,(H,26,31). The Morgan fingerprint density at radius 3 is 2.73 bits per heavy atom. The topological polar surface area (TPSA) is 91.6 Å². The second kappa shape index (κ2) is 9.91. The Labute approximate surface area is 191 Å². The summed E-state index contributed by atoms with van der Waals surface area (Å²) in [6.07, 6.45) is 1.78. The highest BCUT2D eigenvalue weighted by Gasteiger charge is 2.27. The summed E-state index contributed by atoms with van der Waals surface area (Å²) >= 11 is 0. The Morgan fingerprint density at radius 1 is 1.21 bits per heavy atom. The molecule has 1 N–H and O–H groups in total. The molecule has 0 radical (unpaired) electrons. The quantitative estimate of drug-likeness (QED) is 0.618. The number of carbonyl (C=O) groups is 2. The molecular weight excluding hydrogens is 425 g/mol. The van der Waals surface area contributed by atoms with Crippen LogP contribution < -0.4 is 5.32 Å². The molecule has 0 bridgehead atoms. The van der Waals surface area contributed by atoms with Crippen molar-refractivity contribution >= 4 is 17.5 Å². The van der Waals surface area contributed by atoms with Crippen molar-refractivity contribution in [2.75, 3.05) is 39.0 Å². The van der Waals surface area contributed by atoms with Crippen molar-refractivity contribution < 1.29 is 18.5 Å². The van der Waals surface area contributed by atoms with E-state index in [1.165, 1.54) is 17.0 Å². The molecule has 8 nitrogen and oxygen atoms in total. The van der Waals surface area contributed by atoms with Gasteiger partial charge in [-0.15, -0.1) is 0 Å². The number of amides is 2. The minimum Gasteiger partial charge on any atom is -0.345 e. The van der Waals surface area contributed by atoms with Crippen LogP contribution in [0.15, 0.2) is 53.1 Å². The van der Waals surface area contributed by atoms with Crippen LogP contribution in [-0.2, 0) is 4.79 Å². The molecular formula is C24H26FN5O3. The summed E-state index contributed by atoms with van der Waals surface area (Å²) in [5, 5.41) is 6.87. The van der Waals surface area contributed by atoms with E-state index in [-0.39, 0.29) is 30.1 Å². The number of nitrogens with one attached hydrogen (secondary N) is 1. The number of nitrogens with zero attached hydrogens (tertiary/aromatic N) is 4. The lowest BCUT2D eigenvalue weighted by molar-refractivity contribution is -0.117. The zero-order valence-electron chi connectivity index (χ0n) is 18.6. The van der Waals surface area contributed by atoms with E-state index in [4.69, 9.17) is 4.52 Å². The van der Waals surface area contributed by atoms with Gasteiger partial charge in [0.1, 0.15) is 5.82 Å². The average molecular weight is 452 g/mol. The molecule has 1 aliphatic heterocycles. The first kappa shape index (κ1) is 22.6. The number of carbonyl (C=O) groups excluding carboxylic acids is 2. The third kappa shape index (κ3) is 5.61. The maximum absolute atomic E-state index is 13.5. The first-order valence-corrected chi connectivity index (χ1v) is 10.8. The number of anilines is 1. The van der Waals surface area contributed by atoms with E-state index >= 15 is 0 Å². The van der Waals surface area contributed by atoms with Crippen LogP contribution in [-0.4, -0.2) is 65.5 Å². The highest BCUT2D eigenvalue weighted by atomic mass is 19.1. The number of rotatable bonds is 6. The predicted octanol–water partition coefficient (Wildman–Crippen LogP) is 3.40. The lowest BCUT2D eigenvalue weighted by Crippen LogP contribution is -2.39. The maximum atomic E-state index is 13.5. The van der Waals surface area contributed by atoms with E-state index in [1.807, 2.05) is 0 Å². The number of halogens is 1. The lowest BCUT2D eigenvalue weighted by atomic mass is 9.98. The largest absolute Gasteiger partial charge is 0.345 e. The zero-order chi connectivity index (χ0) is 23.4. The van der Waals surface area contributed by atoms with Crippen LogP contribution >= 0.6 is 0 Å². The maximum Gasteiger partial charge on any atom is 0.253 e. The van der Waals surface area contributed by atoms with Gasteiger partial charge in [0.2, 0.25) is 17.6 Å². The van der Waals surface area contributed by atoms with Gasteiger partial charge in [-0.25, -0.2) is 4.39 Å². The smallest absolute Gasteiger partial charge is 0.253 e. The van der Waals surface area contributed by atoms with Gasteiger partial charge >= 0.3 is 0 Å². The average Bonchev–Trinajstić information content (AvgIpc) is 3.30. The van der Waals surface area contributed by atoms with E-state index in [1.54, 1.807) is 50.5 Å². The Morgan fingerprint density at radius 2 is 2.00 bits per heavy atom. The summed E-state index contributed by atoms with van der Waals surface area (Å²) in [6, 6.07) is 12.9. The van der Waals surface area contributed by atoms with Crippen molar-refractivity contribution in [2.45, 2.75) is 18.8 Å². The first-order chi connectivity index (χ1) is 15.9. The minimum absolute atomic E-state index is 0.0117. The normalized spacial score (nSPS) is 16.4. The second-order valence-corrected chi connectivity index (χ2v) is 8.37. The molecule has 2 amide bonds. The van der Waals surface area contributed by atoms with Gasteiger partial charge in [-0.3, -0.25) is 14.5 Å². The Kier molecular flexibility index (Phi) is 6.79. The van der Waals surface area contributed by atoms with Crippen molar-refractivity contribution in [3.8, 4) is 11.4 Å². The molecule has 3 aromatic rings. The zero-order valence-corrected chi connectivity index (χ0v) is 18.6. The second-order valence-electron chi connectivity index (χ2n) is 8.37. The third-order valence-electron chi connectivity index (χ3n) is 5.57. The molecule has 1 unspecified atom stereocenters. The van der Waals surface area contributed by atoms with Gasteiger partial charge in [0.25, 0.3) is 5.91 Å². The Balaban J connectivity index is 1.33. The fourth-order valence-electron chi connectivity index (χ4n) is 3.90. The summed E-state index contributed by atoms with van der Waals surface area (Å²) in [5.74, 6) is 0.295. The molecule has 0 aliphatic carbocycles. The van der Waals surface area contributed by atoms with Crippen LogP contribution in [0.1, 0.15) is 35.0 Å². The number of hydrogen-bond acceptors (Lipinski definition) is 6. The van der Waals surface area contributed by atoms with Crippen molar-refractivity contribution in [1.82, 2.24) is 19.9 Å². The summed E-state index contributed by atoms with van der Waals surface area (Å²) < 4.78 is 18.9. The van der Waals surface area contributed by atoms with Crippen LogP contribution in [0.4, 0.5) is 10.1 Å². The molecule has 2 aromatic carbocycles. The van der Waals surface area contributed by atoms with Crippen LogP contribution in [0.5, 0.6) is 0 Å². The molecule has 0 saturated carbocycles. The molecule has 4 rings (SSSR count). The molecule has 1 aliphatic rings. The molecule has 1 saturated heterocycles. The number of aromatic nitrogens is 2. The van der Waals surface area contributed by atoms with Gasteiger partial charge in [0.05, 0.1) is 12.5 Å². The van der Waals surface area contributed by atoms with Gasteiger partial charge in [0.15, 0.2) is 0 Å². The highest BCUT2D eigenvalue weighted by Crippen LogP contribution is 2.27. The van der Waals surface area contributed by atoms with E-state index in [9.17, 15) is 14.0 Å². The third-order valence-corrected chi connectivity index (χ3v) is 5.57. The van der Waals surface area contributed by atoms with Crippen LogP contribution in [0.3, 0.4) is 0 Å². The molecule has 1 aromatic heterocycles. The van der Waals surface area contributed by atoms with Crippen molar-refractivity contribution in [1.29, 1.82) is 0 Å². The lowest BCUT2D eigenvalue weighted by Gasteiger charge is -2.30. The number of benzene rings is 2. The number of likely N-dealkylation sites (tertiary alicyclic amines) is 1. The first-order valence-electron chi connectivity index (χ1n) is 10.8. The van der Waals surface area contributed by atoms with Crippen molar-refractivity contribution in [3.05, 3.63) is 65.8 Å². The highest BCUT2D eigenvalue weighted by molar-refractivity contribution is 5.96. The van der Waals surface area contributed by atoms with Crippen LogP contribution in [0.2, 0.25) is 0 Å². The Hall–Kier alpha value is -3.59. The van der Waals surface area contributed by atoms with Crippen molar-refractivity contribution in [2.24, 2.45) is 0 Å². The molecule has 1 fully saturated rings. The molecule has 172 valence electrons. The Bertz CT molecular complexity index is 1130. The fourth-order valence-corrected chi connectivity index (χ4v) is 3.90. The van der Waals surface area contributed by atoms with Gasteiger partial charge in [-0.05, 0) is 55.8 Å². The monoisotopic (exact) mass is 451 g/mol. The number of piperidine rings is 1. The fraction of sp³-hybridized carbons (Fsp3) is 0.333. The summed E-state index contributed by atoms with van der Waals surface area (Å²) in [7, 11) is 3.39. The minimum atomic E-state index is -0.354. The van der Waals surface area contributed by atoms with Crippen LogP contribution in [0, 0.1) is 5.82 Å². The predicted molar refractivity (Wildman–Crippen MR) is 121 cm³/mol. The van der Waals surface area contributed by atoms with Crippen LogP contribution in [0.25, 0.3) is 11.4 Å². The summed E-state index contributed by atoms with van der Waals surface area (Å²) in [4.78, 5) is 32.6. The molecule has 33 heavy (non-hydrogen) atoms. The van der Waals surface area contributed by atoms with Gasteiger partial charge in [-0.2, -0.15) is 4.98 Å². The van der Waals surface area contributed by atoms with E-state index in [0.29, 0.717) is 35.1 Å². The van der Waals surface area contributed by atoms with E-state index in [0.717, 1.165) is 19.4 Å². The molecule has 1 atom stereocenters. The molecule has 2 heterocycles. The van der Waals surface area contributed by atoms with E-state index < -0.39 is 0 Å². The van der Waals surface area contributed by atoms with Crippen molar-refractivity contribution in [3.63, 3.8) is 0 Å². The van der Waals surface area contributed by atoms with Gasteiger partial charge in [-0.1, -0.05) is 17.3 Å². The molecule has 0 spiro atoms. The molecule has 9 heteroatoms. The van der Waals surface area contributed by atoms with Gasteiger partial charge < -0.3 is 14.7 Å². The number of hydrogen-bond donors (Lipinski definition) is 1. The van der Waals surface area contributed by atoms with E-state index in [2.05, 4.69) is 20.4 Å². The SMILES string of the molecule is CN(C)C(=O)c1ccc(NC(=O)CN2CCCC(c3nc(-c4cccc(F)c4)no3)C2)cc1. The summed E-state index contributed by atoms with van der Waals surface area (Å²) in [5.41, 5.74) is 1.77. The summed E-state index contributed by atoms with van der Waals surface area (Å²) in [6.45, 7) is 1.65. The van der Waals surface area contributed by atoms with Gasteiger partial charge in [0, 0.05) is 37.5 Å².